The lowest BCUT2D eigenvalue weighted by Gasteiger charge is -2.22. The highest BCUT2D eigenvalue weighted by Crippen LogP contribution is 2.33. The molecule has 0 aromatic heterocycles. The normalized spacial score (nSPS) is 15.3. The fraction of sp³-hybridized carbons (Fsp3) is 0.400. The molecule has 1 atom stereocenters. The number of rotatable bonds is 9. The Morgan fingerprint density at radius 2 is 1.60 bits per heavy atom. The Hall–Kier alpha value is -2.79. The molecule has 5 heteroatoms. The van der Waals surface area contributed by atoms with Gasteiger partial charge in [-0.15, -0.1) is 0 Å². The molecule has 1 saturated carbocycles. The van der Waals surface area contributed by atoms with Crippen molar-refractivity contribution in [3.05, 3.63) is 66.2 Å². The van der Waals surface area contributed by atoms with Crippen LogP contribution in [-0.2, 0) is 9.53 Å². The van der Waals surface area contributed by atoms with Crippen molar-refractivity contribution in [2.75, 3.05) is 23.8 Å². The number of aliphatic hydroxyl groups excluding tert-OH is 1. The zero-order chi connectivity index (χ0) is 21.3. The number of nitrogens with one attached hydrogen (secondary N) is 2. The standard InChI is InChI=1S/C25H32N2O3/c1-18(2)25(29)30-17-24(28)16-26-21-12-14-23(15-13-21)27-22-10-8-20(9-11-22)19-6-4-3-5-7-19/h8-15,19,24,26-28H,1,3-7,16-17H2,2H3. The van der Waals surface area contributed by atoms with Crippen molar-refractivity contribution in [3.8, 4) is 0 Å². The van der Waals surface area contributed by atoms with Gasteiger partial charge in [0.1, 0.15) is 12.7 Å². The quantitative estimate of drug-likeness (QED) is 0.384. The number of hydrogen-bond donors (Lipinski definition) is 3. The number of carbonyl (C=O) groups is 1. The largest absolute Gasteiger partial charge is 0.460 e. The maximum atomic E-state index is 11.3. The Balaban J connectivity index is 1.45. The van der Waals surface area contributed by atoms with Gasteiger partial charge >= 0.3 is 5.97 Å². The van der Waals surface area contributed by atoms with E-state index in [1.165, 1.54) is 37.7 Å². The van der Waals surface area contributed by atoms with Crippen LogP contribution < -0.4 is 10.6 Å². The van der Waals surface area contributed by atoms with E-state index in [0.717, 1.165) is 23.0 Å². The van der Waals surface area contributed by atoms with Crippen LogP contribution in [0.25, 0.3) is 0 Å². The Labute approximate surface area is 179 Å². The fourth-order valence-electron chi connectivity index (χ4n) is 3.70. The zero-order valence-electron chi connectivity index (χ0n) is 17.7. The van der Waals surface area contributed by atoms with Gasteiger partial charge in [0.05, 0.1) is 0 Å². The fourth-order valence-corrected chi connectivity index (χ4v) is 3.70. The van der Waals surface area contributed by atoms with E-state index in [2.05, 4.69) is 41.5 Å². The van der Waals surface area contributed by atoms with Crippen molar-refractivity contribution >= 4 is 23.0 Å². The van der Waals surface area contributed by atoms with Gasteiger partial charge in [0, 0.05) is 29.2 Å². The third-order valence-corrected chi connectivity index (χ3v) is 5.46. The van der Waals surface area contributed by atoms with Gasteiger partial charge in [-0.25, -0.2) is 4.79 Å². The lowest BCUT2D eigenvalue weighted by atomic mass is 9.84. The second kappa shape index (κ2) is 10.8. The average Bonchev–Trinajstić information content (AvgIpc) is 2.78. The second-order valence-corrected chi connectivity index (χ2v) is 8.07. The first-order valence-corrected chi connectivity index (χ1v) is 10.7. The van der Waals surface area contributed by atoms with Crippen molar-refractivity contribution in [2.24, 2.45) is 0 Å². The highest BCUT2D eigenvalue weighted by atomic mass is 16.5. The number of hydrogen-bond acceptors (Lipinski definition) is 5. The van der Waals surface area contributed by atoms with Gasteiger partial charge in [0.15, 0.2) is 0 Å². The number of aliphatic hydroxyl groups is 1. The summed E-state index contributed by atoms with van der Waals surface area (Å²) in [6.45, 7) is 5.32. The van der Waals surface area contributed by atoms with E-state index in [-0.39, 0.29) is 6.61 Å². The van der Waals surface area contributed by atoms with Crippen molar-refractivity contribution in [2.45, 2.75) is 51.0 Å². The second-order valence-electron chi connectivity index (χ2n) is 8.07. The molecule has 30 heavy (non-hydrogen) atoms. The number of carbonyl (C=O) groups excluding carboxylic acids is 1. The van der Waals surface area contributed by atoms with Crippen LogP contribution in [0.2, 0.25) is 0 Å². The summed E-state index contributed by atoms with van der Waals surface area (Å²) in [6.07, 6.45) is 5.92. The summed E-state index contributed by atoms with van der Waals surface area (Å²) in [7, 11) is 0. The molecule has 160 valence electrons. The monoisotopic (exact) mass is 408 g/mol. The Kier molecular flexibility index (Phi) is 7.91. The molecule has 3 rings (SSSR count). The minimum atomic E-state index is -0.784. The van der Waals surface area contributed by atoms with Crippen LogP contribution in [0, 0.1) is 0 Å². The van der Waals surface area contributed by atoms with Crippen molar-refractivity contribution < 1.29 is 14.6 Å². The molecule has 0 spiro atoms. The molecule has 3 N–H and O–H groups in total. The third kappa shape index (κ3) is 6.63. The van der Waals surface area contributed by atoms with Gasteiger partial charge < -0.3 is 20.5 Å². The summed E-state index contributed by atoms with van der Waals surface area (Å²) in [6, 6.07) is 16.7. The van der Waals surface area contributed by atoms with Gasteiger partial charge in [-0.2, -0.15) is 0 Å². The van der Waals surface area contributed by atoms with Gasteiger partial charge in [-0.1, -0.05) is 38.0 Å². The summed E-state index contributed by atoms with van der Waals surface area (Å²) in [4.78, 5) is 11.3. The van der Waals surface area contributed by atoms with Crippen LogP contribution in [-0.4, -0.2) is 30.3 Å². The Bertz CT molecular complexity index is 824. The molecule has 1 aliphatic rings. The molecule has 0 amide bonds. The first-order valence-electron chi connectivity index (χ1n) is 10.7. The molecule has 1 aliphatic carbocycles. The van der Waals surface area contributed by atoms with E-state index in [1.807, 2.05) is 24.3 Å². The summed E-state index contributed by atoms with van der Waals surface area (Å²) < 4.78 is 4.95. The molecule has 0 aliphatic heterocycles. The Morgan fingerprint density at radius 1 is 1.03 bits per heavy atom. The molecule has 0 radical (unpaired) electrons. The third-order valence-electron chi connectivity index (χ3n) is 5.46. The highest BCUT2D eigenvalue weighted by molar-refractivity contribution is 5.86. The number of anilines is 3. The maximum Gasteiger partial charge on any atom is 0.333 e. The summed E-state index contributed by atoms with van der Waals surface area (Å²) in [5.74, 6) is 0.231. The Morgan fingerprint density at radius 3 is 2.20 bits per heavy atom. The van der Waals surface area contributed by atoms with E-state index in [9.17, 15) is 9.90 Å². The summed E-state index contributed by atoms with van der Waals surface area (Å²) in [5.41, 5.74) is 4.74. The van der Waals surface area contributed by atoms with E-state index < -0.39 is 12.1 Å². The maximum absolute atomic E-state index is 11.3. The number of ether oxygens (including phenoxy) is 1. The highest BCUT2D eigenvalue weighted by Gasteiger charge is 2.15. The molecule has 0 bridgehead atoms. The van der Waals surface area contributed by atoms with Gasteiger partial charge in [-0.05, 0) is 67.6 Å². The van der Waals surface area contributed by atoms with Crippen molar-refractivity contribution in [1.29, 1.82) is 0 Å². The molecule has 0 heterocycles. The number of esters is 1. The van der Waals surface area contributed by atoms with Gasteiger partial charge in [-0.3, -0.25) is 0 Å². The predicted molar refractivity (Wildman–Crippen MR) is 122 cm³/mol. The van der Waals surface area contributed by atoms with Gasteiger partial charge in [0.25, 0.3) is 0 Å². The first-order chi connectivity index (χ1) is 14.5. The summed E-state index contributed by atoms with van der Waals surface area (Å²) >= 11 is 0. The molecule has 5 nitrogen and oxygen atoms in total. The predicted octanol–water partition coefficient (Wildman–Crippen LogP) is 5.37. The molecule has 1 unspecified atom stereocenters. The van der Waals surface area contributed by atoms with Crippen molar-refractivity contribution in [3.63, 3.8) is 0 Å². The topological polar surface area (TPSA) is 70.6 Å². The van der Waals surface area contributed by atoms with E-state index in [4.69, 9.17) is 4.74 Å². The van der Waals surface area contributed by atoms with E-state index in [0.29, 0.717) is 12.1 Å². The smallest absolute Gasteiger partial charge is 0.333 e. The van der Waals surface area contributed by atoms with Crippen LogP contribution in [0.15, 0.2) is 60.7 Å². The lowest BCUT2D eigenvalue weighted by molar-refractivity contribution is -0.141. The van der Waals surface area contributed by atoms with Crippen LogP contribution in [0.1, 0.15) is 50.5 Å². The lowest BCUT2D eigenvalue weighted by Crippen LogP contribution is -2.26. The van der Waals surface area contributed by atoms with Crippen LogP contribution in [0.5, 0.6) is 0 Å². The van der Waals surface area contributed by atoms with Crippen LogP contribution >= 0.6 is 0 Å². The first kappa shape index (κ1) is 21.9. The van der Waals surface area contributed by atoms with Gasteiger partial charge in [0.2, 0.25) is 0 Å². The van der Waals surface area contributed by atoms with Crippen LogP contribution in [0.3, 0.4) is 0 Å². The number of benzene rings is 2. The zero-order valence-corrected chi connectivity index (χ0v) is 17.7. The van der Waals surface area contributed by atoms with Crippen molar-refractivity contribution in [1.82, 2.24) is 0 Å². The molecular weight excluding hydrogens is 376 g/mol. The SMILES string of the molecule is C=C(C)C(=O)OCC(O)CNc1ccc(Nc2ccc(C3CCCCC3)cc2)cc1. The minimum Gasteiger partial charge on any atom is -0.460 e. The molecule has 1 fully saturated rings. The average molecular weight is 409 g/mol. The molecule has 2 aromatic rings. The van der Waals surface area contributed by atoms with E-state index >= 15 is 0 Å². The molecule has 0 saturated heterocycles. The molecule has 2 aromatic carbocycles. The van der Waals surface area contributed by atoms with E-state index in [1.54, 1.807) is 6.92 Å². The summed E-state index contributed by atoms with van der Waals surface area (Å²) in [5, 5.41) is 16.5. The minimum absolute atomic E-state index is 0.0603. The molecular formula is C25H32N2O3. The van der Waals surface area contributed by atoms with Crippen LogP contribution in [0.4, 0.5) is 17.1 Å².